The lowest BCUT2D eigenvalue weighted by atomic mass is 10.1. The minimum absolute atomic E-state index is 0.616. The molecule has 0 aliphatic carbocycles. The van der Waals surface area contributed by atoms with Crippen LogP contribution in [-0.2, 0) is 16.1 Å². The number of benzene rings is 1. The Bertz CT molecular complexity index is 364. The van der Waals surface area contributed by atoms with Gasteiger partial charge in [0.15, 0.2) is 0 Å². The van der Waals surface area contributed by atoms with Gasteiger partial charge in [-0.3, -0.25) is 0 Å². The van der Waals surface area contributed by atoms with Gasteiger partial charge in [-0.25, -0.2) is 0 Å². The fourth-order valence-corrected chi connectivity index (χ4v) is 2.49. The lowest BCUT2D eigenvalue weighted by Gasteiger charge is -2.15. The third-order valence-electron chi connectivity index (χ3n) is 3.01. The van der Waals surface area contributed by atoms with Gasteiger partial charge in [-0.05, 0) is 18.6 Å². The lowest BCUT2D eigenvalue weighted by Crippen LogP contribution is -2.15. The summed E-state index contributed by atoms with van der Waals surface area (Å²) >= 11 is 3.56. The first-order valence-electron chi connectivity index (χ1n) is 5.89. The van der Waals surface area contributed by atoms with Crippen LogP contribution in [-0.4, -0.2) is 26.9 Å². The first-order valence-corrected chi connectivity index (χ1v) is 6.68. The standard InChI is InChI=1S/C13H18BrNO2/c1-16-9-11-12(14)3-2-4-13(11)15-7-10-5-6-17-8-10/h2-4,10,15H,5-9H2,1H3. The zero-order valence-electron chi connectivity index (χ0n) is 10.0. The first kappa shape index (κ1) is 12.9. The van der Waals surface area contributed by atoms with Crippen LogP contribution in [0.3, 0.4) is 0 Å². The molecule has 1 saturated heterocycles. The smallest absolute Gasteiger partial charge is 0.0744 e. The summed E-state index contributed by atoms with van der Waals surface area (Å²) in [5.74, 6) is 0.629. The molecule has 1 aromatic rings. The van der Waals surface area contributed by atoms with Gasteiger partial charge in [-0.1, -0.05) is 22.0 Å². The molecule has 1 aliphatic rings. The van der Waals surface area contributed by atoms with E-state index in [1.165, 1.54) is 5.56 Å². The van der Waals surface area contributed by atoms with Crippen LogP contribution in [0.25, 0.3) is 0 Å². The lowest BCUT2D eigenvalue weighted by molar-refractivity contribution is 0.184. The minimum atomic E-state index is 0.616. The Morgan fingerprint density at radius 1 is 1.53 bits per heavy atom. The molecule has 17 heavy (non-hydrogen) atoms. The maximum absolute atomic E-state index is 5.37. The van der Waals surface area contributed by atoms with E-state index in [4.69, 9.17) is 9.47 Å². The minimum Gasteiger partial charge on any atom is -0.384 e. The molecule has 0 saturated carbocycles. The van der Waals surface area contributed by atoms with Crippen molar-refractivity contribution in [2.45, 2.75) is 13.0 Å². The Labute approximate surface area is 111 Å². The van der Waals surface area contributed by atoms with Crippen LogP contribution in [0.1, 0.15) is 12.0 Å². The zero-order valence-corrected chi connectivity index (χ0v) is 11.6. The van der Waals surface area contributed by atoms with E-state index >= 15 is 0 Å². The Balaban J connectivity index is 2.00. The first-order chi connectivity index (χ1) is 8.31. The van der Waals surface area contributed by atoms with Gasteiger partial charge in [-0.2, -0.15) is 0 Å². The molecule has 0 radical (unpaired) electrons. The fraction of sp³-hybridized carbons (Fsp3) is 0.538. The Kier molecular flexibility index (Phi) is 4.83. The van der Waals surface area contributed by atoms with Gasteiger partial charge >= 0.3 is 0 Å². The second-order valence-corrected chi connectivity index (χ2v) is 5.16. The Hall–Kier alpha value is -0.580. The van der Waals surface area contributed by atoms with Crippen molar-refractivity contribution >= 4 is 21.6 Å². The molecule has 2 rings (SSSR count). The summed E-state index contributed by atoms with van der Waals surface area (Å²) in [5.41, 5.74) is 2.32. The predicted octanol–water partition coefficient (Wildman–Crippen LogP) is 3.04. The van der Waals surface area contributed by atoms with Crippen molar-refractivity contribution in [2.75, 3.05) is 32.2 Å². The van der Waals surface area contributed by atoms with Crippen molar-refractivity contribution in [3.63, 3.8) is 0 Å². The molecule has 0 spiro atoms. The summed E-state index contributed by atoms with van der Waals surface area (Å²) in [4.78, 5) is 0. The molecular weight excluding hydrogens is 282 g/mol. The van der Waals surface area contributed by atoms with Gasteiger partial charge in [0.05, 0.1) is 13.2 Å². The molecule has 0 aromatic heterocycles. The number of ether oxygens (including phenoxy) is 2. The molecule has 0 amide bonds. The van der Waals surface area contributed by atoms with Crippen LogP contribution in [0, 0.1) is 5.92 Å². The van der Waals surface area contributed by atoms with Crippen LogP contribution in [0.15, 0.2) is 22.7 Å². The van der Waals surface area contributed by atoms with E-state index in [0.717, 1.165) is 36.3 Å². The molecule has 3 nitrogen and oxygen atoms in total. The topological polar surface area (TPSA) is 30.5 Å². The molecule has 1 atom stereocenters. The highest BCUT2D eigenvalue weighted by Gasteiger charge is 2.16. The maximum atomic E-state index is 5.37. The monoisotopic (exact) mass is 299 g/mol. The van der Waals surface area contributed by atoms with E-state index in [9.17, 15) is 0 Å². The van der Waals surface area contributed by atoms with Crippen molar-refractivity contribution in [3.8, 4) is 0 Å². The van der Waals surface area contributed by atoms with Gasteiger partial charge in [0, 0.05) is 41.9 Å². The highest BCUT2D eigenvalue weighted by atomic mass is 79.9. The average Bonchev–Trinajstić information content (AvgIpc) is 2.83. The van der Waals surface area contributed by atoms with E-state index in [-0.39, 0.29) is 0 Å². The summed E-state index contributed by atoms with van der Waals surface area (Å²) in [6, 6.07) is 6.17. The molecule has 1 unspecified atom stereocenters. The molecule has 1 aliphatic heterocycles. The van der Waals surface area contributed by atoms with Crippen LogP contribution in [0.4, 0.5) is 5.69 Å². The van der Waals surface area contributed by atoms with Gasteiger partial charge in [0.1, 0.15) is 0 Å². The van der Waals surface area contributed by atoms with Gasteiger partial charge in [0.2, 0.25) is 0 Å². The van der Waals surface area contributed by atoms with E-state index in [2.05, 4.69) is 27.3 Å². The van der Waals surface area contributed by atoms with Crippen molar-refractivity contribution < 1.29 is 9.47 Å². The highest BCUT2D eigenvalue weighted by Crippen LogP contribution is 2.26. The van der Waals surface area contributed by atoms with E-state index in [0.29, 0.717) is 12.5 Å². The van der Waals surface area contributed by atoms with Gasteiger partial charge in [-0.15, -0.1) is 0 Å². The molecule has 1 aromatic carbocycles. The summed E-state index contributed by atoms with van der Waals surface area (Å²) in [7, 11) is 1.72. The molecule has 0 bridgehead atoms. The number of anilines is 1. The molecule has 4 heteroatoms. The maximum Gasteiger partial charge on any atom is 0.0744 e. The van der Waals surface area contributed by atoms with Crippen LogP contribution in [0.2, 0.25) is 0 Å². The summed E-state index contributed by atoms with van der Waals surface area (Å²) < 4.78 is 11.7. The predicted molar refractivity (Wildman–Crippen MR) is 72.3 cm³/mol. The van der Waals surface area contributed by atoms with Crippen LogP contribution < -0.4 is 5.32 Å². The normalized spacial score (nSPS) is 19.5. The number of hydrogen-bond donors (Lipinski definition) is 1. The van der Waals surface area contributed by atoms with E-state index < -0.39 is 0 Å². The Morgan fingerprint density at radius 3 is 3.12 bits per heavy atom. The van der Waals surface area contributed by atoms with Gasteiger partial charge < -0.3 is 14.8 Å². The molecular formula is C13H18BrNO2. The number of methoxy groups -OCH3 is 1. The van der Waals surface area contributed by atoms with Crippen LogP contribution >= 0.6 is 15.9 Å². The average molecular weight is 300 g/mol. The van der Waals surface area contributed by atoms with Crippen molar-refractivity contribution in [1.82, 2.24) is 0 Å². The summed E-state index contributed by atoms with van der Waals surface area (Å²) in [5, 5.41) is 3.49. The van der Waals surface area contributed by atoms with E-state index in [1.807, 2.05) is 12.1 Å². The molecule has 1 N–H and O–H groups in total. The summed E-state index contributed by atoms with van der Waals surface area (Å²) in [6.07, 6.45) is 1.15. The van der Waals surface area contributed by atoms with E-state index in [1.54, 1.807) is 7.11 Å². The highest BCUT2D eigenvalue weighted by molar-refractivity contribution is 9.10. The zero-order chi connectivity index (χ0) is 12.1. The second kappa shape index (κ2) is 6.38. The van der Waals surface area contributed by atoms with Crippen molar-refractivity contribution in [1.29, 1.82) is 0 Å². The van der Waals surface area contributed by atoms with Crippen molar-refractivity contribution in [2.24, 2.45) is 5.92 Å². The molecule has 94 valence electrons. The molecule has 1 heterocycles. The van der Waals surface area contributed by atoms with Crippen molar-refractivity contribution in [3.05, 3.63) is 28.2 Å². The van der Waals surface area contributed by atoms with Crippen LogP contribution in [0.5, 0.6) is 0 Å². The largest absolute Gasteiger partial charge is 0.384 e. The fourth-order valence-electron chi connectivity index (χ4n) is 2.01. The Morgan fingerprint density at radius 2 is 2.41 bits per heavy atom. The van der Waals surface area contributed by atoms with Gasteiger partial charge in [0.25, 0.3) is 0 Å². The second-order valence-electron chi connectivity index (χ2n) is 4.31. The molecule has 1 fully saturated rings. The third-order valence-corrected chi connectivity index (χ3v) is 3.76. The number of nitrogens with one attached hydrogen (secondary N) is 1. The number of hydrogen-bond acceptors (Lipinski definition) is 3. The number of rotatable bonds is 5. The summed E-state index contributed by atoms with van der Waals surface area (Å²) in [6.45, 7) is 3.36. The SMILES string of the molecule is COCc1c(Br)cccc1NCC1CCOC1. The quantitative estimate of drug-likeness (QED) is 0.906. The number of halogens is 1. The third kappa shape index (κ3) is 3.44.